The Labute approximate surface area is 185 Å². The molecule has 0 aromatic heterocycles. The SMILES string of the molecule is COc1cc(CN2C[C@H]3CCCC[C@H]3C2)ccc1OCC(O)CN1CCNC(=O)CC1. The van der Waals surface area contributed by atoms with Crippen LogP contribution in [0.4, 0.5) is 0 Å². The molecule has 0 bridgehead atoms. The first-order valence-corrected chi connectivity index (χ1v) is 11.8. The summed E-state index contributed by atoms with van der Waals surface area (Å²) >= 11 is 0. The van der Waals surface area contributed by atoms with Crippen molar-refractivity contribution in [2.24, 2.45) is 11.8 Å². The molecule has 3 aliphatic rings. The maximum absolute atomic E-state index is 11.5. The van der Waals surface area contributed by atoms with Crippen molar-refractivity contribution in [2.75, 3.05) is 53.0 Å². The van der Waals surface area contributed by atoms with Gasteiger partial charge in [0.25, 0.3) is 0 Å². The van der Waals surface area contributed by atoms with E-state index in [-0.39, 0.29) is 12.5 Å². The first-order chi connectivity index (χ1) is 15.1. The molecule has 0 spiro atoms. The third-order valence-corrected chi connectivity index (χ3v) is 6.99. The largest absolute Gasteiger partial charge is 0.493 e. The van der Waals surface area contributed by atoms with E-state index in [0.29, 0.717) is 37.6 Å². The van der Waals surface area contributed by atoms with Crippen LogP contribution in [0, 0.1) is 11.8 Å². The first-order valence-electron chi connectivity index (χ1n) is 11.8. The van der Waals surface area contributed by atoms with E-state index in [1.165, 1.54) is 44.3 Å². The van der Waals surface area contributed by atoms with E-state index in [1.807, 2.05) is 6.07 Å². The number of benzene rings is 1. The molecule has 1 saturated carbocycles. The zero-order valence-electron chi connectivity index (χ0n) is 18.7. The summed E-state index contributed by atoms with van der Waals surface area (Å²) in [5.74, 6) is 3.22. The second-order valence-electron chi connectivity index (χ2n) is 9.35. The van der Waals surface area contributed by atoms with Crippen molar-refractivity contribution in [3.63, 3.8) is 0 Å². The lowest BCUT2D eigenvalue weighted by Crippen LogP contribution is -2.37. The van der Waals surface area contributed by atoms with Gasteiger partial charge in [0.2, 0.25) is 5.91 Å². The number of fused-ring (bicyclic) bond motifs is 1. The van der Waals surface area contributed by atoms with Crippen LogP contribution in [0.5, 0.6) is 11.5 Å². The third-order valence-electron chi connectivity index (χ3n) is 6.99. The van der Waals surface area contributed by atoms with E-state index in [1.54, 1.807) is 7.11 Å². The van der Waals surface area contributed by atoms with E-state index in [4.69, 9.17) is 9.47 Å². The fourth-order valence-corrected chi connectivity index (χ4v) is 5.35. The van der Waals surface area contributed by atoms with E-state index >= 15 is 0 Å². The maximum atomic E-state index is 11.5. The molecule has 1 amide bonds. The number of nitrogens with zero attached hydrogens (tertiary/aromatic N) is 2. The van der Waals surface area contributed by atoms with E-state index in [9.17, 15) is 9.90 Å². The van der Waals surface area contributed by atoms with Crippen LogP contribution in [0.1, 0.15) is 37.7 Å². The van der Waals surface area contributed by atoms with Gasteiger partial charge in [-0.05, 0) is 42.4 Å². The van der Waals surface area contributed by atoms with Crippen molar-refractivity contribution in [3.05, 3.63) is 23.8 Å². The number of carbonyl (C=O) groups is 1. The lowest BCUT2D eigenvalue weighted by molar-refractivity contribution is -0.120. The van der Waals surface area contributed by atoms with Crippen LogP contribution in [0.3, 0.4) is 0 Å². The summed E-state index contributed by atoms with van der Waals surface area (Å²) in [4.78, 5) is 16.1. The van der Waals surface area contributed by atoms with Gasteiger partial charge in [-0.15, -0.1) is 0 Å². The number of β-amino-alcohol motifs (C(OH)–C–C–N with tert-alkyl or cyclic N) is 1. The number of carbonyl (C=O) groups excluding carboxylic acids is 1. The summed E-state index contributed by atoms with van der Waals surface area (Å²) in [6, 6.07) is 6.13. The summed E-state index contributed by atoms with van der Waals surface area (Å²) in [7, 11) is 1.66. The van der Waals surface area contributed by atoms with Crippen LogP contribution in [-0.4, -0.2) is 79.9 Å². The summed E-state index contributed by atoms with van der Waals surface area (Å²) in [6.45, 7) is 6.12. The quantitative estimate of drug-likeness (QED) is 0.655. The van der Waals surface area contributed by atoms with Crippen LogP contribution in [0.2, 0.25) is 0 Å². The first kappa shape index (κ1) is 22.4. The summed E-state index contributed by atoms with van der Waals surface area (Å²) in [6.07, 6.45) is 5.43. The van der Waals surface area contributed by atoms with Crippen LogP contribution in [0.25, 0.3) is 0 Å². The van der Waals surface area contributed by atoms with Crippen molar-refractivity contribution in [1.29, 1.82) is 0 Å². The standard InChI is InChI=1S/C24H37N3O4/c1-30-23-12-18(13-27-14-19-4-2-3-5-20(19)15-27)6-7-22(23)31-17-21(28)16-26-10-8-24(29)25-9-11-26/h6-7,12,19-21,28H,2-5,8-11,13-17H2,1H3,(H,25,29)/t19-,20+,21?. The number of aliphatic hydroxyl groups excluding tert-OH is 1. The fraction of sp³-hybridized carbons (Fsp3) is 0.708. The highest BCUT2D eigenvalue weighted by atomic mass is 16.5. The van der Waals surface area contributed by atoms with Gasteiger partial charge in [0, 0.05) is 52.2 Å². The molecule has 2 aliphatic heterocycles. The Kier molecular flexibility index (Phi) is 7.69. The minimum Gasteiger partial charge on any atom is -0.493 e. The molecule has 2 heterocycles. The van der Waals surface area contributed by atoms with Gasteiger partial charge in [-0.3, -0.25) is 14.6 Å². The van der Waals surface area contributed by atoms with Gasteiger partial charge in [-0.25, -0.2) is 0 Å². The number of ether oxygens (including phenoxy) is 2. The number of aliphatic hydroxyl groups is 1. The summed E-state index contributed by atoms with van der Waals surface area (Å²) in [5, 5.41) is 13.3. The van der Waals surface area contributed by atoms with Crippen molar-refractivity contribution in [2.45, 2.75) is 44.8 Å². The Bertz CT molecular complexity index is 730. The number of hydrogen-bond donors (Lipinski definition) is 2. The predicted molar refractivity (Wildman–Crippen MR) is 119 cm³/mol. The monoisotopic (exact) mass is 431 g/mol. The molecule has 1 aromatic rings. The third kappa shape index (κ3) is 6.11. The van der Waals surface area contributed by atoms with E-state index < -0.39 is 6.10 Å². The Morgan fingerprint density at radius 1 is 1.13 bits per heavy atom. The minimum absolute atomic E-state index is 0.0748. The number of methoxy groups -OCH3 is 1. The molecule has 3 atom stereocenters. The Hall–Kier alpha value is -1.83. The molecule has 1 unspecified atom stereocenters. The highest BCUT2D eigenvalue weighted by Crippen LogP contribution is 2.37. The average Bonchev–Trinajstić information content (AvgIpc) is 3.07. The van der Waals surface area contributed by atoms with Gasteiger partial charge in [0.05, 0.1) is 7.11 Å². The van der Waals surface area contributed by atoms with Crippen LogP contribution < -0.4 is 14.8 Å². The Morgan fingerprint density at radius 2 is 1.90 bits per heavy atom. The van der Waals surface area contributed by atoms with Gasteiger partial charge < -0.3 is 19.9 Å². The van der Waals surface area contributed by atoms with Gasteiger partial charge in [0.15, 0.2) is 11.5 Å². The number of likely N-dealkylation sites (tertiary alicyclic amines) is 1. The van der Waals surface area contributed by atoms with Gasteiger partial charge in [0.1, 0.15) is 12.7 Å². The molecule has 3 fully saturated rings. The molecular weight excluding hydrogens is 394 g/mol. The zero-order chi connectivity index (χ0) is 21.6. The molecule has 7 heteroatoms. The molecule has 2 N–H and O–H groups in total. The maximum Gasteiger partial charge on any atom is 0.221 e. The highest BCUT2D eigenvalue weighted by molar-refractivity contribution is 5.76. The lowest BCUT2D eigenvalue weighted by atomic mass is 9.82. The predicted octanol–water partition coefficient (Wildman–Crippen LogP) is 1.88. The van der Waals surface area contributed by atoms with Crippen LogP contribution in [-0.2, 0) is 11.3 Å². The van der Waals surface area contributed by atoms with E-state index in [0.717, 1.165) is 24.9 Å². The number of nitrogens with one attached hydrogen (secondary N) is 1. The van der Waals surface area contributed by atoms with E-state index in [2.05, 4.69) is 27.2 Å². The minimum atomic E-state index is -0.620. The molecule has 1 aromatic carbocycles. The molecule has 7 nitrogen and oxygen atoms in total. The van der Waals surface area contributed by atoms with Crippen LogP contribution >= 0.6 is 0 Å². The lowest BCUT2D eigenvalue weighted by Gasteiger charge is -2.23. The molecule has 172 valence electrons. The molecule has 1 aliphatic carbocycles. The number of rotatable bonds is 8. The fourth-order valence-electron chi connectivity index (χ4n) is 5.35. The summed E-state index contributed by atoms with van der Waals surface area (Å²) in [5.41, 5.74) is 1.24. The highest BCUT2D eigenvalue weighted by Gasteiger charge is 2.34. The van der Waals surface area contributed by atoms with Gasteiger partial charge in [-0.1, -0.05) is 18.9 Å². The Balaban J connectivity index is 1.27. The summed E-state index contributed by atoms with van der Waals surface area (Å²) < 4.78 is 11.5. The van der Waals surface area contributed by atoms with Crippen molar-refractivity contribution in [1.82, 2.24) is 15.1 Å². The molecule has 0 radical (unpaired) electrons. The van der Waals surface area contributed by atoms with Gasteiger partial charge in [-0.2, -0.15) is 0 Å². The smallest absolute Gasteiger partial charge is 0.221 e. The zero-order valence-corrected chi connectivity index (χ0v) is 18.7. The normalized spacial score (nSPS) is 26.1. The van der Waals surface area contributed by atoms with Gasteiger partial charge >= 0.3 is 0 Å². The van der Waals surface area contributed by atoms with Crippen molar-refractivity contribution < 1.29 is 19.4 Å². The number of amides is 1. The number of hydrogen-bond acceptors (Lipinski definition) is 6. The Morgan fingerprint density at radius 3 is 2.65 bits per heavy atom. The molecule has 4 rings (SSSR count). The topological polar surface area (TPSA) is 74.3 Å². The van der Waals surface area contributed by atoms with Crippen molar-refractivity contribution >= 4 is 5.91 Å². The van der Waals surface area contributed by atoms with Crippen molar-refractivity contribution in [3.8, 4) is 11.5 Å². The molecule has 31 heavy (non-hydrogen) atoms. The average molecular weight is 432 g/mol. The van der Waals surface area contributed by atoms with Crippen LogP contribution in [0.15, 0.2) is 18.2 Å². The second kappa shape index (κ2) is 10.7. The molecular formula is C24H37N3O4. The second-order valence-corrected chi connectivity index (χ2v) is 9.35. The molecule has 2 saturated heterocycles.